The van der Waals surface area contributed by atoms with Crippen LogP contribution in [0, 0.1) is 5.95 Å². The lowest BCUT2D eigenvalue weighted by atomic mass is 10.2. The number of rotatable bonds is 1. The van der Waals surface area contributed by atoms with Crippen molar-refractivity contribution in [2.75, 3.05) is 18.0 Å². The van der Waals surface area contributed by atoms with E-state index in [4.69, 9.17) is 11.6 Å². The number of hydrogen-bond donors (Lipinski definition) is 0. The Bertz CT molecular complexity index is 299. The lowest BCUT2D eigenvalue weighted by molar-refractivity contribution is 0.563. The molecule has 64 valence electrons. The van der Waals surface area contributed by atoms with Crippen LogP contribution in [0.1, 0.15) is 6.42 Å². The normalized spacial score (nSPS) is 16.0. The highest BCUT2D eigenvalue weighted by atomic mass is 35.5. The molecule has 1 fully saturated rings. The van der Waals surface area contributed by atoms with E-state index in [0.717, 1.165) is 19.5 Å². The molecule has 0 aromatic carbocycles. The molecule has 1 saturated heterocycles. The number of anilines is 1. The van der Waals surface area contributed by atoms with E-state index < -0.39 is 5.95 Å². The fourth-order valence-corrected chi connectivity index (χ4v) is 1.23. The molecule has 4 heteroatoms. The number of halogens is 2. The van der Waals surface area contributed by atoms with Gasteiger partial charge in [0.1, 0.15) is 5.82 Å². The summed E-state index contributed by atoms with van der Waals surface area (Å²) in [5, 5.41) is 0.0827. The van der Waals surface area contributed by atoms with Crippen molar-refractivity contribution < 1.29 is 4.39 Å². The largest absolute Gasteiger partial charge is 0.356 e. The zero-order valence-corrected chi connectivity index (χ0v) is 7.18. The molecule has 0 bridgehead atoms. The van der Waals surface area contributed by atoms with Crippen molar-refractivity contribution >= 4 is 17.4 Å². The highest BCUT2D eigenvalue weighted by Gasteiger charge is 2.16. The fourth-order valence-electron chi connectivity index (χ4n) is 1.13. The second-order valence-corrected chi connectivity index (χ2v) is 3.19. The first-order chi connectivity index (χ1) is 5.77. The van der Waals surface area contributed by atoms with Gasteiger partial charge in [-0.15, -0.1) is 0 Å². The summed E-state index contributed by atoms with van der Waals surface area (Å²) < 4.78 is 12.8. The molecule has 1 aromatic heterocycles. The molecular weight excluding hydrogens is 179 g/mol. The molecule has 12 heavy (non-hydrogen) atoms. The lowest BCUT2D eigenvalue weighted by Crippen LogP contribution is -2.37. The molecule has 0 radical (unpaired) electrons. The summed E-state index contributed by atoms with van der Waals surface area (Å²) in [5.41, 5.74) is 0. The van der Waals surface area contributed by atoms with E-state index in [9.17, 15) is 4.39 Å². The molecule has 0 amide bonds. The van der Waals surface area contributed by atoms with Crippen LogP contribution >= 0.6 is 11.6 Å². The average Bonchev–Trinajstić information content (AvgIpc) is 1.93. The molecule has 0 unspecified atom stereocenters. The highest BCUT2D eigenvalue weighted by molar-refractivity contribution is 6.30. The van der Waals surface area contributed by atoms with Crippen molar-refractivity contribution in [1.29, 1.82) is 0 Å². The Kier molecular flexibility index (Phi) is 1.89. The summed E-state index contributed by atoms with van der Waals surface area (Å²) in [4.78, 5) is 5.74. The Morgan fingerprint density at radius 2 is 2.17 bits per heavy atom. The van der Waals surface area contributed by atoms with Crippen molar-refractivity contribution in [1.82, 2.24) is 4.98 Å². The van der Waals surface area contributed by atoms with Crippen LogP contribution in [-0.4, -0.2) is 18.1 Å². The van der Waals surface area contributed by atoms with Crippen molar-refractivity contribution in [3.8, 4) is 0 Å². The zero-order chi connectivity index (χ0) is 8.55. The molecule has 1 aliphatic rings. The summed E-state index contributed by atoms with van der Waals surface area (Å²) in [5.74, 6) is 0.101. The van der Waals surface area contributed by atoms with Crippen molar-refractivity contribution in [3.05, 3.63) is 23.1 Å². The van der Waals surface area contributed by atoms with Crippen LogP contribution in [0.15, 0.2) is 12.1 Å². The van der Waals surface area contributed by atoms with Crippen LogP contribution in [0.25, 0.3) is 0 Å². The fraction of sp³-hybridized carbons (Fsp3) is 0.375. The summed E-state index contributed by atoms with van der Waals surface area (Å²) in [6, 6.07) is 3.28. The Labute approximate surface area is 75.0 Å². The van der Waals surface area contributed by atoms with Crippen LogP contribution in [0.4, 0.5) is 10.2 Å². The van der Waals surface area contributed by atoms with Gasteiger partial charge in [-0.05, 0) is 18.6 Å². The maximum absolute atomic E-state index is 12.8. The molecular formula is C8H8ClFN2. The quantitative estimate of drug-likeness (QED) is 0.625. The minimum absolute atomic E-state index is 0.0827. The number of hydrogen-bond acceptors (Lipinski definition) is 2. The third-order valence-electron chi connectivity index (χ3n) is 1.97. The topological polar surface area (TPSA) is 16.1 Å². The van der Waals surface area contributed by atoms with Gasteiger partial charge in [0.05, 0.1) is 5.02 Å². The van der Waals surface area contributed by atoms with E-state index in [1.54, 1.807) is 6.07 Å². The molecule has 0 atom stereocenters. The third-order valence-corrected chi connectivity index (χ3v) is 2.25. The van der Waals surface area contributed by atoms with Gasteiger partial charge >= 0.3 is 0 Å². The van der Waals surface area contributed by atoms with Gasteiger partial charge in [0.15, 0.2) is 0 Å². The maximum Gasteiger partial charge on any atom is 0.233 e. The van der Waals surface area contributed by atoms with Gasteiger partial charge < -0.3 is 4.90 Å². The maximum atomic E-state index is 12.8. The Morgan fingerprint density at radius 1 is 1.42 bits per heavy atom. The van der Waals surface area contributed by atoms with Crippen LogP contribution in [0.2, 0.25) is 5.02 Å². The lowest BCUT2D eigenvalue weighted by Gasteiger charge is -2.31. The van der Waals surface area contributed by atoms with E-state index >= 15 is 0 Å². The molecule has 2 rings (SSSR count). The predicted molar refractivity (Wildman–Crippen MR) is 46.0 cm³/mol. The molecule has 1 aromatic rings. The third kappa shape index (κ3) is 1.25. The summed E-state index contributed by atoms with van der Waals surface area (Å²) >= 11 is 5.49. The van der Waals surface area contributed by atoms with Gasteiger partial charge in [0, 0.05) is 13.1 Å². The summed E-state index contributed by atoms with van der Waals surface area (Å²) in [6.45, 7) is 1.93. The standard InChI is InChI=1S/C8H8ClFN2/c9-6-2-3-7(11-8(6)10)12-4-1-5-12/h2-3H,1,4-5H2. The monoisotopic (exact) mass is 186 g/mol. The molecule has 2 nitrogen and oxygen atoms in total. The van der Waals surface area contributed by atoms with Crippen LogP contribution < -0.4 is 4.90 Å². The van der Waals surface area contributed by atoms with E-state index in [0.29, 0.717) is 5.82 Å². The zero-order valence-electron chi connectivity index (χ0n) is 6.43. The second kappa shape index (κ2) is 2.90. The van der Waals surface area contributed by atoms with Crippen molar-refractivity contribution in [2.24, 2.45) is 0 Å². The highest BCUT2D eigenvalue weighted by Crippen LogP contribution is 2.21. The first-order valence-electron chi connectivity index (χ1n) is 3.84. The van der Waals surface area contributed by atoms with Crippen LogP contribution in [-0.2, 0) is 0 Å². The van der Waals surface area contributed by atoms with Crippen molar-refractivity contribution in [2.45, 2.75) is 6.42 Å². The van der Waals surface area contributed by atoms with E-state index in [-0.39, 0.29) is 5.02 Å². The van der Waals surface area contributed by atoms with Gasteiger partial charge in [-0.25, -0.2) is 4.98 Å². The number of nitrogens with zero attached hydrogens (tertiary/aromatic N) is 2. The van der Waals surface area contributed by atoms with E-state index in [2.05, 4.69) is 4.98 Å². The first-order valence-corrected chi connectivity index (χ1v) is 4.22. The van der Waals surface area contributed by atoms with Gasteiger partial charge in [0.25, 0.3) is 0 Å². The van der Waals surface area contributed by atoms with Gasteiger partial charge in [-0.3, -0.25) is 0 Å². The number of pyridine rings is 1. The smallest absolute Gasteiger partial charge is 0.233 e. The SMILES string of the molecule is Fc1nc(N2CCC2)ccc1Cl. The Balaban J connectivity index is 2.27. The van der Waals surface area contributed by atoms with Crippen LogP contribution in [0.3, 0.4) is 0 Å². The summed E-state index contributed by atoms with van der Waals surface area (Å²) in [7, 11) is 0. The van der Waals surface area contributed by atoms with Crippen LogP contribution in [0.5, 0.6) is 0 Å². The van der Waals surface area contributed by atoms with Gasteiger partial charge in [-0.2, -0.15) is 4.39 Å². The summed E-state index contributed by atoms with van der Waals surface area (Å²) in [6.07, 6.45) is 1.16. The molecule has 1 aliphatic heterocycles. The first kappa shape index (κ1) is 7.80. The average molecular weight is 187 g/mol. The van der Waals surface area contributed by atoms with E-state index in [1.165, 1.54) is 6.07 Å². The van der Waals surface area contributed by atoms with E-state index in [1.807, 2.05) is 4.90 Å². The molecule has 0 N–H and O–H groups in total. The van der Waals surface area contributed by atoms with Gasteiger partial charge in [-0.1, -0.05) is 11.6 Å². The minimum atomic E-state index is -0.582. The Morgan fingerprint density at radius 3 is 2.67 bits per heavy atom. The molecule has 2 heterocycles. The second-order valence-electron chi connectivity index (χ2n) is 2.78. The van der Waals surface area contributed by atoms with Crippen molar-refractivity contribution in [3.63, 3.8) is 0 Å². The molecule has 0 aliphatic carbocycles. The Hall–Kier alpha value is -0.830. The van der Waals surface area contributed by atoms with Gasteiger partial charge in [0.2, 0.25) is 5.95 Å². The molecule has 0 saturated carbocycles. The predicted octanol–water partition coefficient (Wildman–Crippen LogP) is 2.08. The number of aromatic nitrogens is 1. The molecule has 0 spiro atoms. The minimum Gasteiger partial charge on any atom is -0.356 e.